The second-order valence-electron chi connectivity index (χ2n) is 7.65. The summed E-state index contributed by atoms with van der Waals surface area (Å²) in [4.78, 5) is 45.0. The van der Waals surface area contributed by atoms with Crippen molar-refractivity contribution in [2.75, 3.05) is 13.7 Å². The van der Waals surface area contributed by atoms with Crippen molar-refractivity contribution in [2.45, 2.75) is 52.2 Å². The van der Waals surface area contributed by atoms with E-state index in [9.17, 15) is 14.4 Å². The molecular weight excluding hydrogens is 460 g/mol. The minimum atomic E-state index is -1.05. The van der Waals surface area contributed by atoms with Crippen molar-refractivity contribution in [3.05, 3.63) is 72.1 Å². The fraction of sp³-hybridized carbons (Fsp3) is 0.370. The first-order valence-electron chi connectivity index (χ1n) is 12.1. The van der Waals surface area contributed by atoms with E-state index in [0.29, 0.717) is 12.1 Å². The molecule has 0 fully saturated rings. The van der Waals surface area contributed by atoms with Gasteiger partial charge in [0, 0.05) is 30.2 Å². The maximum Gasteiger partial charge on any atom is 0.408 e. The van der Waals surface area contributed by atoms with Crippen LogP contribution in [0.25, 0.3) is 11.0 Å². The summed E-state index contributed by atoms with van der Waals surface area (Å²) >= 11 is 0. The number of carbonyl (C=O) groups excluding carboxylic acids is 3. The number of carbonyl (C=O) groups is 3. The third-order valence-electron chi connectivity index (χ3n) is 5.10. The lowest BCUT2D eigenvalue weighted by atomic mass is 10.1. The van der Waals surface area contributed by atoms with Crippen LogP contribution in [0.15, 0.2) is 60.8 Å². The first-order chi connectivity index (χ1) is 17.5. The number of nitrogens with one attached hydrogen (secondary N) is 2. The molecule has 2 aromatic heterocycles. The molecule has 2 amide bonds. The maximum absolute atomic E-state index is 12.2. The van der Waals surface area contributed by atoms with Gasteiger partial charge in [-0.1, -0.05) is 44.2 Å². The van der Waals surface area contributed by atoms with Crippen molar-refractivity contribution >= 4 is 29.0 Å². The standard InChI is InChI=1S/C25H28N4O5.C2H6/c1-33-24(31)21(29-25(32)34-17-18-8-3-2-4-9-18)16-27-22(30)12-6-5-11-20-14-13-19-10-7-15-26-23(19)28-20;1-2/h2-4,7-10,13-15,21H,5-6,11-12,16-17H2,1H3,(H,27,30)(H,29,32);1-2H3. The summed E-state index contributed by atoms with van der Waals surface area (Å²) < 4.78 is 9.84. The first kappa shape index (κ1) is 28.2. The monoisotopic (exact) mass is 494 g/mol. The van der Waals surface area contributed by atoms with E-state index in [4.69, 9.17) is 9.47 Å². The number of amides is 2. The number of esters is 1. The number of unbranched alkanes of at least 4 members (excludes halogenated alkanes) is 1. The summed E-state index contributed by atoms with van der Waals surface area (Å²) in [5.41, 5.74) is 2.45. The number of hydrogen-bond donors (Lipinski definition) is 2. The minimum absolute atomic E-state index is 0.0645. The lowest BCUT2D eigenvalue weighted by Crippen LogP contribution is -2.49. The molecule has 1 unspecified atom stereocenters. The summed E-state index contributed by atoms with van der Waals surface area (Å²) in [5.74, 6) is -0.894. The number of ether oxygens (including phenoxy) is 2. The zero-order valence-corrected chi connectivity index (χ0v) is 21.0. The molecular formula is C27H34N4O5. The average molecular weight is 495 g/mol. The Morgan fingerprint density at radius 1 is 0.972 bits per heavy atom. The molecule has 1 atom stereocenters. The van der Waals surface area contributed by atoms with E-state index in [-0.39, 0.29) is 25.5 Å². The van der Waals surface area contributed by atoms with E-state index in [1.807, 2.05) is 68.4 Å². The van der Waals surface area contributed by atoms with E-state index in [1.54, 1.807) is 6.20 Å². The Hall–Kier alpha value is -4.01. The van der Waals surface area contributed by atoms with Crippen LogP contribution in [0, 0.1) is 0 Å². The molecule has 9 heteroatoms. The number of benzene rings is 1. The molecule has 2 heterocycles. The molecule has 0 aliphatic carbocycles. The number of aromatic nitrogens is 2. The maximum atomic E-state index is 12.2. The Kier molecular flexibility index (Phi) is 12.4. The molecule has 3 aromatic rings. The van der Waals surface area contributed by atoms with Crippen molar-refractivity contribution in [2.24, 2.45) is 0 Å². The summed E-state index contributed by atoms with van der Waals surface area (Å²) in [6.07, 6.45) is 3.40. The van der Waals surface area contributed by atoms with Gasteiger partial charge < -0.3 is 20.1 Å². The molecule has 0 saturated heterocycles. The number of methoxy groups -OCH3 is 1. The Labute approximate surface area is 211 Å². The average Bonchev–Trinajstić information content (AvgIpc) is 2.93. The number of rotatable bonds is 11. The van der Waals surface area contributed by atoms with Crippen LogP contribution in [0.5, 0.6) is 0 Å². The highest BCUT2D eigenvalue weighted by Gasteiger charge is 2.23. The number of fused-ring (bicyclic) bond motifs is 1. The number of nitrogens with zero attached hydrogens (tertiary/aromatic N) is 2. The van der Waals surface area contributed by atoms with Crippen molar-refractivity contribution in [3.63, 3.8) is 0 Å². The van der Waals surface area contributed by atoms with Gasteiger partial charge in [-0.3, -0.25) is 4.79 Å². The number of pyridine rings is 2. The predicted molar refractivity (Wildman–Crippen MR) is 137 cm³/mol. The highest BCUT2D eigenvalue weighted by Crippen LogP contribution is 2.11. The molecule has 0 radical (unpaired) electrons. The van der Waals surface area contributed by atoms with Gasteiger partial charge >= 0.3 is 12.1 Å². The second-order valence-corrected chi connectivity index (χ2v) is 7.65. The van der Waals surface area contributed by atoms with E-state index in [1.165, 1.54) is 7.11 Å². The topological polar surface area (TPSA) is 120 Å². The third kappa shape index (κ3) is 9.69. The summed E-state index contributed by atoms with van der Waals surface area (Å²) in [5, 5.41) is 6.09. The highest BCUT2D eigenvalue weighted by atomic mass is 16.6. The predicted octanol–water partition coefficient (Wildman–Crippen LogP) is 3.95. The largest absolute Gasteiger partial charge is 0.467 e. The van der Waals surface area contributed by atoms with Gasteiger partial charge in [-0.25, -0.2) is 19.6 Å². The normalized spacial score (nSPS) is 11.0. The van der Waals surface area contributed by atoms with Crippen LogP contribution in [0.4, 0.5) is 4.79 Å². The van der Waals surface area contributed by atoms with Crippen LogP contribution < -0.4 is 10.6 Å². The van der Waals surface area contributed by atoms with Crippen LogP contribution in [0.2, 0.25) is 0 Å². The molecule has 0 aliphatic rings. The van der Waals surface area contributed by atoms with Gasteiger partial charge in [0.25, 0.3) is 0 Å². The molecule has 192 valence electrons. The Morgan fingerprint density at radius 3 is 2.50 bits per heavy atom. The van der Waals surface area contributed by atoms with Gasteiger partial charge in [0.05, 0.1) is 7.11 Å². The summed E-state index contributed by atoms with van der Waals surface area (Å²) in [6, 6.07) is 15.9. The fourth-order valence-corrected chi connectivity index (χ4v) is 3.27. The van der Waals surface area contributed by atoms with E-state index in [0.717, 1.165) is 29.5 Å². The van der Waals surface area contributed by atoms with Gasteiger partial charge in [0.1, 0.15) is 12.6 Å². The van der Waals surface area contributed by atoms with Gasteiger partial charge in [-0.15, -0.1) is 0 Å². The summed E-state index contributed by atoms with van der Waals surface area (Å²) in [6.45, 7) is 3.97. The molecule has 0 saturated carbocycles. The molecule has 0 bridgehead atoms. The third-order valence-corrected chi connectivity index (χ3v) is 5.10. The molecule has 0 spiro atoms. The minimum Gasteiger partial charge on any atom is -0.467 e. The van der Waals surface area contributed by atoms with Crippen LogP contribution >= 0.6 is 0 Å². The van der Waals surface area contributed by atoms with Crippen molar-refractivity contribution in [1.29, 1.82) is 0 Å². The van der Waals surface area contributed by atoms with E-state index < -0.39 is 18.1 Å². The molecule has 0 aliphatic heterocycles. The molecule has 9 nitrogen and oxygen atoms in total. The fourth-order valence-electron chi connectivity index (χ4n) is 3.27. The van der Waals surface area contributed by atoms with Crippen molar-refractivity contribution in [3.8, 4) is 0 Å². The SMILES string of the molecule is CC.COC(=O)C(CNC(=O)CCCCc1ccc2cccnc2n1)NC(=O)OCc1ccccc1. The molecule has 1 aromatic carbocycles. The van der Waals surface area contributed by atoms with Gasteiger partial charge in [-0.05, 0) is 49.1 Å². The Balaban J connectivity index is 0.00000222. The van der Waals surface area contributed by atoms with Gasteiger partial charge in [0.2, 0.25) is 5.91 Å². The molecule has 3 rings (SSSR count). The van der Waals surface area contributed by atoms with E-state index >= 15 is 0 Å². The van der Waals surface area contributed by atoms with Crippen LogP contribution in [-0.2, 0) is 32.1 Å². The van der Waals surface area contributed by atoms with Crippen molar-refractivity contribution in [1.82, 2.24) is 20.6 Å². The van der Waals surface area contributed by atoms with Crippen LogP contribution in [0.3, 0.4) is 0 Å². The van der Waals surface area contributed by atoms with Crippen LogP contribution in [-0.4, -0.2) is 47.6 Å². The first-order valence-corrected chi connectivity index (χ1v) is 12.1. The second kappa shape index (κ2) is 15.8. The molecule has 36 heavy (non-hydrogen) atoms. The number of alkyl carbamates (subject to hydrolysis) is 1. The lowest BCUT2D eigenvalue weighted by Gasteiger charge is -2.17. The van der Waals surface area contributed by atoms with E-state index in [2.05, 4.69) is 20.6 Å². The summed E-state index contributed by atoms with van der Waals surface area (Å²) in [7, 11) is 1.21. The van der Waals surface area contributed by atoms with Crippen molar-refractivity contribution < 1.29 is 23.9 Å². The zero-order valence-electron chi connectivity index (χ0n) is 21.0. The highest BCUT2D eigenvalue weighted by molar-refractivity contribution is 5.83. The molecule has 2 N–H and O–H groups in total. The number of aryl methyl sites for hydroxylation is 1. The zero-order chi connectivity index (χ0) is 26.2. The Bertz CT molecular complexity index is 1110. The quantitative estimate of drug-likeness (QED) is 0.306. The van der Waals surface area contributed by atoms with Gasteiger partial charge in [0.15, 0.2) is 5.65 Å². The number of hydrogen-bond acceptors (Lipinski definition) is 7. The van der Waals surface area contributed by atoms with Crippen LogP contribution in [0.1, 0.15) is 44.4 Å². The smallest absolute Gasteiger partial charge is 0.408 e. The Morgan fingerprint density at radius 2 is 1.75 bits per heavy atom. The lowest BCUT2D eigenvalue weighted by molar-refractivity contribution is -0.143. The van der Waals surface area contributed by atoms with Gasteiger partial charge in [-0.2, -0.15) is 0 Å².